The van der Waals surface area contributed by atoms with Crippen LogP contribution in [-0.4, -0.2) is 45.7 Å². The quantitative estimate of drug-likeness (QED) is 0.386. The summed E-state index contributed by atoms with van der Waals surface area (Å²) >= 11 is 6.05. The molecule has 1 atom stereocenters. The average Bonchev–Trinajstić information content (AvgIpc) is 2.81. The number of rotatable bonds is 8. The molecule has 3 aromatic rings. The Morgan fingerprint density at radius 3 is 2.14 bits per heavy atom. The molecule has 0 spiro atoms. The summed E-state index contributed by atoms with van der Waals surface area (Å²) < 4.78 is 5.54. The first-order valence-electron chi connectivity index (χ1n) is 11.4. The third kappa shape index (κ3) is 7.84. The highest BCUT2D eigenvalue weighted by Gasteiger charge is 2.24. The number of hydrogen-bond donors (Lipinski definition) is 2. The van der Waals surface area contributed by atoms with Gasteiger partial charge in [0.25, 0.3) is 0 Å². The fourth-order valence-electron chi connectivity index (χ4n) is 3.48. The second kappa shape index (κ2) is 11.4. The number of carbonyl (C=O) groups is 2. The minimum Gasteiger partial charge on any atom is -0.508 e. The topological polar surface area (TPSA) is 87.1 Å². The first-order chi connectivity index (χ1) is 16.5. The number of benzene rings is 3. The second-order valence-electron chi connectivity index (χ2n) is 9.32. The van der Waals surface area contributed by atoms with Gasteiger partial charge in [0.2, 0.25) is 0 Å². The van der Waals surface area contributed by atoms with Crippen LogP contribution in [0.25, 0.3) is 0 Å². The number of ketones is 1. The van der Waals surface area contributed by atoms with E-state index in [4.69, 9.17) is 16.3 Å². The van der Waals surface area contributed by atoms with Gasteiger partial charge in [0.15, 0.2) is 5.78 Å². The Balaban J connectivity index is 1.69. The van der Waals surface area contributed by atoms with Gasteiger partial charge in [0.05, 0.1) is 12.6 Å². The van der Waals surface area contributed by atoms with Gasteiger partial charge in [0, 0.05) is 22.7 Å². The second-order valence-corrected chi connectivity index (χ2v) is 9.76. The lowest BCUT2D eigenvalue weighted by Gasteiger charge is -2.29. The molecule has 184 valence electrons. The summed E-state index contributed by atoms with van der Waals surface area (Å²) in [6, 6.07) is 20.2. The van der Waals surface area contributed by atoms with E-state index in [-0.39, 0.29) is 18.1 Å². The molecule has 0 bridgehead atoms. The van der Waals surface area contributed by atoms with Crippen LogP contribution in [0.15, 0.2) is 72.8 Å². The number of nitrogens with zero attached hydrogens (tertiary/aromatic N) is 1. The number of halogens is 1. The fraction of sp³-hybridized carbons (Fsp3) is 0.286. The third-order valence-electron chi connectivity index (χ3n) is 5.29. The number of phenolic OH excluding ortho intramolecular Hbond substituents is 1. The summed E-state index contributed by atoms with van der Waals surface area (Å²) in [5, 5.41) is 20.6. The number of aliphatic hydroxyl groups is 1. The van der Waals surface area contributed by atoms with Crippen molar-refractivity contribution in [3.8, 4) is 5.75 Å². The van der Waals surface area contributed by atoms with E-state index in [2.05, 4.69) is 0 Å². The number of ether oxygens (including phenoxy) is 1. The summed E-state index contributed by atoms with van der Waals surface area (Å²) in [6.45, 7) is 5.74. The maximum Gasteiger partial charge on any atom is 0.410 e. The van der Waals surface area contributed by atoms with Crippen LogP contribution < -0.4 is 0 Å². The van der Waals surface area contributed by atoms with Crippen molar-refractivity contribution in [2.75, 3.05) is 13.1 Å². The zero-order valence-corrected chi connectivity index (χ0v) is 20.8. The van der Waals surface area contributed by atoms with Crippen molar-refractivity contribution in [3.05, 3.63) is 100 Å². The van der Waals surface area contributed by atoms with Gasteiger partial charge >= 0.3 is 6.09 Å². The molecule has 0 saturated carbocycles. The molecular weight excluding hydrogens is 466 g/mol. The van der Waals surface area contributed by atoms with Gasteiger partial charge < -0.3 is 19.8 Å². The van der Waals surface area contributed by atoms with Crippen LogP contribution in [-0.2, 0) is 11.2 Å². The predicted molar refractivity (Wildman–Crippen MR) is 136 cm³/mol. The van der Waals surface area contributed by atoms with Gasteiger partial charge in [-0.15, -0.1) is 0 Å². The van der Waals surface area contributed by atoms with Crippen LogP contribution >= 0.6 is 11.6 Å². The molecule has 35 heavy (non-hydrogen) atoms. The van der Waals surface area contributed by atoms with Gasteiger partial charge in [-0.2, -0.15) is 0 Å². The molecule has 0 saturated heterocycles. The molecule has 0 unspecified atom stereocenters. The molecule has 0 aromatic heterocycles. The molecule has 0 aliphatic carbocycles. The normalized spacial score (nSPS) is 12.1. The zero-order valence-electron chi connectivity index (χ0n) is 20.1. The van der Waals surface area contributed by atoms with Crippen LogP contribution in [0.2, 0.25) is 5.02 Å². The molecule has 2 N–H and O–H groups in total. The van der Waals surface area contributed by atoms with Gasteiger partial charge in [-0.05, 0) is 74.7 Å². The van der Waals surface area contributed by atoms with E-state index in [0.29, 0.717) is 34.7 Å². The lowest BCUT2D eigenvalue weighted by molar-refractivity contribution is 0.0147. The Morgan fingerprint density at radius 2 is 1.57 bits per heavy atom. The smallest absolute Gasteiger partial charge is 0.410 e. The molecule has 0 fully saturated rings. The van der Waals surface area contributed by atoms with Gasteiger partial charge in [0.1, 0.15) is 11.4 Å². The molecule has 3 rings (SSSR count). The monoisotopic (exact) mass is 495 g/mol. The predicted octanol–water partition coefficient (Wildman–Crippen LogP) is 5.79. The van der Waals surface area contributed by atoms with Gasteiger partial charge in [-0.25, -0.2) is 4.79 Å². The third-order valence-corrected chi connectivity index (χ3v) is 5.53. The molecule has 3 aromatic carbocycles. The Bertz CT molecular complexity index is 1150. The highest BCUT2D eigenvalue weighted by atomic mass is 35.5. The summed E-state index contributed by atoms with van der Waals surface area (Å²) in [5.41, 5.74) is 1.88. The van der Waals surface area contributed by atoms with Crippen molar-refractivity contribution in [2.45, 2.75) is 38.9 Å². The Kier molecular flexibility index (Phi) is 8.54. The van der Waals surface area contributed by atoms with E-state index in [1.165, 1.54) is 17.0 Å². The Morgan fingerprint density at radius 1 is 0.971 bits per heavy atom. The number of hydrogen-bond acceptors (Lipinski definition) is 5. The molecule has 0 aliphatic heterocycles. The standard InChI is InChI=1S/C28H30ClNO5/c1-28(2,3)35-27(34)30(18-25(32)22-5-4-6-23(29)17-22)16-15-19-7-9-20(10-8-19)26(33)21-11-13-24(31)14-12-21/h4-14,17,25,31-32H,15-16,18H2,1-3H3/t25-/m0/s1. The van der Waals surface area contributed by atoms with Crippen molar-refractivity contribution >= 4 is 23.5 Å². The molecule has 1 amide bonds. The van der Waals surface area contributed by atoms with Crippen molar-refractivity contribution in [3.63, 3.8) is 0 Å². The van der Waals surface area contributed by atoms with Crippen LogP contribution in [0.5, 0.6) is 5.75 Å². The van der Waals surface area contributed by atoms with E-state index in [9.17, 15) is 19.8 Å². The fourth-order valence-corrected chi connectivity index (χ4v) is 3.68. The van der Waals surface area contributed by atoms with E-state index in [1.807, 2.05) is 12.1 Å². The molecule has 0 aliphatic rings. The number of amides is 1. The minimum atomic E-state index is -0.925. The van der Waals surface area contributed by atoms with E-state index in [0.717, 1.165) is 5.56 Å². The number of carbonyl (C=O) groups excluding carboxylic acids is 2. The summed E-state index contributed by atoms with van der Waals surface area (Å²) in [4.78, 5) is 27.0. The highest BCUT2D eigenvalue weighted by molar-refractivity contribution is 6.30. The number of aromatic hydroxyl groups is 1. The molecule has 6 nitrogen and oxygen atoms in total. The Labute approximate surface area is 210 Å². The number of phenols is 1. The summed E-state index contributed by atoms with van der Waals surface area (Å²) in [6.07, 6.45) is -0.931. The Hall–Kier alpha value is -3.35. The van der Waals surface area contributed by atoms with Crippen molar-refractivity contribution in [1.29, 1.82) is 0 Å². The van der Waals surface area contributed by atoms with E-state index in [1.54, 1.807) is 69.3 Å². The SMILES string of the molecule is CC(C)(C)OC(=O)N(CCc1ccc(C(=O)c2ccc(O)cc2)cc1)C[C@H](O)c1cccc(Cl)c1. The number of aliphatic hydroxyl groups excluding tert-OH is 1. The lowest BCUT2D eigenvalue weighted by Crippen LogP contribution is -2.40. The van der Waals surface area contributed by atoms with Gasteiger partial charge in [-0.3, -0.25) is 4.79 Å². The van der Waals surface area contributed by atoms with Crippen molar-refractivity contribution < 1.29 is 24.5 Å². The van der Waals surface area contributed by atoms with Crippen LogP contribution in [0.1, 0.15) is 53.9 Å². The summed E-state index contributed by atoms with van der Waals surface area (Å²) in [7, 11) is 0. The van der Waals surface area contributed by atoms with E-state index < -0.39 is 17.8 Å². The highest BCUT2D eigenvalue weighted by Crippen LogP contribution is 2.21. The van der Waals surface area contributed by atoms with Crippen LogP contribution in [0, 0.1) is 0 Å². The van der Waals surface area contributed by atoms with Crippen LogP contribution in [0.3, 0.4) is 0 Å². The van der Waals surface area contributed by atoms with Gasteiger partial charge in [-0.1, -0.05) is 48.0 Å². The van der Waals surface area contributed by atoms with Crippen LogP contribution in [0.4, 0.5) is 4.79 Å². The minimum absolute atomic E-state index is 0.0483. The maximum absolute atomic E-state index is 12.8. The maximum atomic E-state index is 12.8. The zero-order chi connectivity index (χ0) is 25.6. The first kappa shape index (κ1) is 26.3. The lowest BCUT2D eigenvalue weighted by atomic mass is 10.0. The van der Waals surface area contributed by atoms with Crippen molar-refractivity contribution in [2.24, 2.45) is 0 Å². The molecular formula is C28H30ClNO5. The average molecular weight is 496 g/mol. The molecule has 7 heteroatoms. The van der Waals surface area contributed by atoms with E-state index >= 15 is 0 Å². The largest absolute Gasteiger partial charge is 0.508 e. The summed E-state index contributed by atoms with van der Waals surface area (Å²) in [5.74, 6) is -0.0384. The first-order valence-corrected chi connectivity index (χ1v) is 11.7. The van der Waals surface area contributed by atoms with Crippen molar-refractivity contribution in [1.82, 2.24) is 4.90 Å². The molecule has 0 radical (unpaired) electrons. The molecule has 0 heterocycles.